The van der Waals surface area contributed by atoms with Crippen molar-refractivity contribution in [2.45, 2.75) is 94.3 Å². The average molecular weight is 389 g/mol. The third kappa shape index (κ3) is 4.51. The molecule has 0 aromatic carbocycles. The van der Waals surface area contributed by atoms with Crippen molar-refractivity contribution < 1.29 is 22.8 Å². The van der Waals surface area contributed by atoms with Gasteiger partial charge in [0.05, 0.1) is 0 Å². The van der Waals surface area contributed by atoms with Gasteiger partial charge in [-0.1, -0.05) is 6.92 Å². The van der Waals surface area contributed by atoms with E-state index >= 15 is 8.78 Å². The van der Waals surface area contributed by atoms with Crippen LogP contribution in [0, 0.1) is 0 Å². The van der Waals surface area contributed by atoms with Gasteiger partial charge in [0.15, 0.2) is 0 Å². The van der Waals surface area contributed by atoms with E-state index in [4.69, 9.17) is 0 Å². The summed E-state index contributed by atoms with van der Waals surface area (Å²) in [6.07, 6.45) is -0.778. The molecule has 2 aliphatic carbocycles. The van der Waals surface area contributed by atoms with Crippen molar-refractivity contribution in [3.8, 4) is 0 Å². The predicted octanol–water partition coefficient (Wildman–Crippen LogP) is 3.18. The fraction of sp³-hybridized carbons (Fsp3) is 0.895. The molecule has 1 aliphatic heterocycles. The van der Waals surface area contributed by atoms with E-state index in [0.29, 0.717) is 32.4 Å². The smallest absolute Gasteiger partial charge is 0.315 e. The zero-order chi connectivity index (χ0) is 19.9. The Morgan fingerprint density at radius 1 is 1.07 bits per heavy atom. The van der Waals surface area contributed by atoms with Crippen LogP contribution in [0.15, 0.2) is 0 Å². The molecule has 2 atom stereocenters. The minimum Gasteiger partial charge on any atom is -0.343 e. The fourth-order valence-corrected chi connectivity index (χ4v) is 5.35. The fourth-order valence-electron chi connectivity index (χ4n) is 5.35. The van der Waals surface area contributed by atoms with Crippen LogP contribution in [0.4, 0.5) is 18.0 Å². The summed E-state index contributed by atoms with van der Waals surface area (Å²) in [5, 5.41) is 5.70. The van der Waals surface area contributed by atoms with Crippen molar-refractivity contribution >= 4 is 11.9 Å². The summed E-state index contributed by atoms with van der Waals surface area (Å²) in [4.78, 5) is 25.6. The van der Waals surface area contributed by atoms with Gasteiger partial charge in [0.2, 0.25) is 5.91 Å². The van der Waals surface area contributed by atoms with Crippen molar-refractivity contribution in [1.29, 1.82) is 0 Å². The molecule has 5 nitrogen and oxygen atoms in total. The van der Waals surface area contributed by atoms with E-state index in [-0.39, 0.29) is 44.1 Å². The van der Waals surface area contributed by atoms with E-state index < -0.39 is 29.1 Å². The molecule has 3 amide bonds. The van der Waals surface area contributed by atoms with Crippen LogP contribution in [0.25, 0.3) is 0 Å². The van der Waals surface area contributed by atoms with E-state index in [1.807, 2.05) is 0 Å². The molecule has 0 aromatic rings. The van der Waals surface area contributed by atoms with Crippen LogP contribution in [0.3, 0.4) is 0 Å². The lowest BCUT2D eigenvalue weighted by atomic mass is 9.60. The minimum atomic E-state index is -1.92. The highest BCUT2D eigenvalue weighted by molar-refractivity contribution is 5.75. The first-order valence-corrected chi connectivity index (χ1v) is 9.92. The number of urea groups is 1. The number of nitrogens with one attached hydrogen (secondary N) is 2. The highest BCUT2D eigenvalue weighted by Crippen LogP contribution is 2.54. The predicted molar refractivity (Wildman–Crippen MR) is 95.6 cm³/mol. The molecule has 2 bridgehead atoms. The van der Waals surface area contributed by atoms with Crippen LogP contribution < -0.4 is 10.6 Å². The van der Waals surface area contributed by atoms with E-state index in [9.17, 15) is 14.0 Å². The number of amides is 3. The molecule has 1 saturated heterocycles. The van der Waals surface area contributed by atoms with Crippen molar-refractivity contribution in [2.75, 3.05) is 13.1 Å². The standard InChI is InChI=1S/C19H30F3N3O2/c1-3-19(11-17(21)8-14(20)9-18(22,10-17)12-19)24-16(27)23-15-4-6-25(7-5-15)13(2)26/h14-15H,3-12H2,1-2H3,(H2,23,24,27). The Bertz CT molecular complexity index is 577. The van der Waals surface area contributed by atoms with Gasteiger partial charge >= 0.3 is 6.03 Å². The molecule has 0 aromatic heterocycles. The van der Waals surface area contributed by atoms with Gasteiger partial charge in [-0.25, -0.2) is 18.0 Å². The first-order valence-electron chi connectivity index (χ1n) is 9.92. The number of halogens is 3. The minimum absolute atomic E-state index is 0.0178. The molecular formula is C19H30F3N3O2. The number of alkyl halides is 3. The van der Waals surface area contributed by atoms with E-state index in [1.54, 1.807) is 11.8 Å². The molecule has 2 saturated carbocycles. The third-order valence-electron chi connectivity index (χ3n) is 6.45. The van der Waals surface area contributed by atoms with Gasteiger partial charge < -0.3 is 15.5 Å². The van der Waals surface area contributed by atoms with Gasteiger partial charge in [0.1, 0.15) is 17.5 Å². The second kappa shape index (κ2) is 7.17. The lowest BCUT2D eigenvalue weighted by Crippen LogP contribution is -2.65. The second-order valence-electron chi connectivity index (χ2n) is 8.85. The van der Waals surface area contributed by atoms with Crippen LogP contribution in [0.1, 0.15) is 65.2 Å². The number of hydrogen-bond acceptors (Lipinski definition) is 2. The largest absolute Gasteiger partial charge is 0.343 e. The molecule has 154 valence electrons. The Kier molecular flexibility index (Phi) is 5.38. The summed E-state index contributed by atoms with van der Waals surface area (Å²) in [7, 11) is 0. The first kappa shape index (κ1) is 20.3. The maximum Gasteiger partial charge on any atom is 0.315 e. The zero-order valence-corrected chi connectivity index (χ0v) is 16.1. The van der Waals surface area contributed by atoms with Gasteiger partial charge in [-0.05, 0) is 19.3 Å². The summed E-state index contributed by atoms with van der Waals surface area (Å²) < 4.78 is 44.0. The number of likely N-dealkylation sites (tertiary alicyclic amines) is 1. The topological polar surface area (TPSA) is 61.4 Å². The number of nitrogens with zero attached hydrogens (tertiary/aromatic N) is 1. The first-order chi connectivity index (χ1) is 12.6. The summed E-state index contributed by atoms with van der Waals surface area (Å²) in [6, 6.07) is -0.520. The molecule has 0 spiro atoms. The van der Waals surface area contributed by atoms with Gasteiger partial charge in [-0.2, -0.15) is 0 Å². The summed E-state index contributed by atoms with van der Waals surface area (Å²) >= 11 is 0. The van der Waals surface area contributed by atoms with Gasteiger partial charge in [-0.15, -0.1) is 0 Å². The van der Waals surface area contributed by atoms with Crippen molar-refractivity contribution in [3.05, 3.63) is 0 Å². The molecule has 1 heterocycles. The van der Waals surface area contributed by atoms with Crippen LogP contribution in [-0.2, 0) is 4.79 Å². The Hall–Kier alpha value is -1.47. The summed E-state index contributed by atoms with van der Waals surface area (Å²) in [6.45, 7) is 4.48. The average Bonchev–Trinajstić information content (AvgIpc) is 2.52. The molecule has 3 fully saturated rings. The molecule has 0 radical (unpaired) electrons. The third-order valence-corrected chi connectivity index (χ3v) is 6.45. The number of fused-ring (bicyclic) bond motifs is 2. The van der Waals surface area contributed by atoms with Crippen molar-refractivity contribution in [3.63, 3.8) is 0 Å². The van der Waals surface area contributed by atoms with Crippen LogP contribution in [0.2, 0.25) is 0 Å². The molecule has 27 heavy (non-hydrogen) atoms. The molecule has 2 unspecified atom stereocenters. The SMILES string of the molecule is CCC1(NC(=O)NC2CCN(C(C)=O)CC2)CC2(F)CC(F)CC(F)(C2)C1. The Morgan fingerprint density at radius 2 is 1.63 bits per heavy atom. The zero-order valence-electron chi connectivity index (χ0n) is 16.1. The number of carbonyl (C=O) groups is 2. The lowest BCUT2D eigenvalue weighted by molar-refractivity contribution is -0.129. The molecule has 3 aliphatic rings. The normalized spacial score (nSPS) is 39.7. The molecule has 2 N–H and O–H groups in total. The summed E-state index contributed by atoms with van der Waals surface area (Å²) in [5.74, 6) is 0.0178. The highest BCUT2D eigenvalue weighted by atomic mass is 19.2. The van der Waals surface area contributed by atoms with Crippen LogP contribution in [-0.4, -0.2) is 59.0 Å². The van der Waals surface area contributed by atoms with Crippen molar-refractivity contribution in [2.24, 2.45) is 0 Å². The van der Waals surface area contributed by atoms with Crippen molar-refractivity contribution in [1.82, 2.24) is 15.5 Å². The lowest BCUT2D eigenvalue weighted by Gasteiger charge is -2.53. The molecular weight excluding hydrogens is 359 g/mol. The highest BCUT2D eigenvalue weighted by Gasteiger charge is 2.60. The van der Waals surface area contributed by atoms with Crippen LogP contribution >= 0.6 is 0 Å². The number of rotatable bonds is 3. The molecule has 3 rings (SSSR count). The van der Waals surface area contributed by atoms with Gasteiger partial charge in [-0.3, -0.25) is 4.79 Å². The number of piperidine rings is 1. The Morgan fingerprint density at radius 3 is 2.11 bits per heavy atom. The number of hydrogen-bond donors (Lipinski definition) is 2. The maximum atomic E-state index is 15.1. The maximum absolute atomic E-state index is 15.1. The quantitative estimate of drug-likeness (QED) is 0.779. The van der Waals surface area contributed by atoms with Crippen LogP contribution in [0.5, 0.6) is 0 Å². The Labute approximate surface area is 158 Å². The van der Waals surface area contributed by atoms with E-state index in [0.717, 1.165) is 0 Å². The van der Waals surface area contributed by atoms with Gasteiger partial charge in [0.25, 0.3) is 0 Å². The van der Waals surface area contributed by atoms with Gasteiger partial charge in [0, 0.05) is 63.7 Å². The second-order valence-corrected chi connectivity index (χ2v) is 8.85. The monoisotopic (exact) mass is 389 g/mol. The molecule has 8 heteroatoms. The Balaban J connectivity index is 1.61. The number of carbonyl (C=O) groups excluding carboxylic acids is 2. The van der Waals surface area contributed by atoms with E-state index in [2.05, 4.69) is 10.6 Å². The van der Waals surface area contributed by atoms with E-state index in [1.165, 1.54) is 6.92 Å². The summed E-state index contributed by atoms with van der Waals surface area (Å²) in [5.41, 5.74) is -4.84.